The Labute approximate surface area is 92.5 Å². The molecule has 0 unspecified atom stereocenters. The van der Waals surface area contributed by atoms with Crippen molar-refractivity contribution in [3.8, 4) is 11.1 Å². The van der Waals surface area contributed by atoms with E-state index in [-0.39, 0.29) is 5.56 Å². The van der Waals surface area contributed by atoms with Gasteiger partial charge in [-0.25, -0.2) is 8.78 Å². The number of anilines is 1. The third kappa shape index (κ3) is 1.89. The lowest BCUT2D eigenvalue weighted by Gasteiger charge is -2.06. The second-order valence-corrected chi connectivity index (χ2v) is 3.70. The predicted octanol–water partition coefficient (Wildman–Crippen LogP) is 3.52. The second kappa shape index (κ2) is 3.93. The Hall–Kier alpha value is -1.90. The Kier molecular flexibility index (Phi) is 2.60. The van der Waals surface area contributed by atoms with Crippen LogP contribution in [0.25, 0.3) is 11.1 Å². The molecular formula is C13H11F2N. The van der Waals surface area contributed by atoms with E-state index in [1.807, 2.05) is 6.92 Å². The summed E-state index contributed by atoms with van der Waals surface area (Å²) in [5.41, 5.74) is 8.04. The van der Waals surface area contributed by atoms with Gasteiger partial charge in [-0.15, -0.1) is 0 Å². The van der Waals surface area contributed by atoms with E-state index in [1.165, 1.54) is 6.07 Å². The Morgan fingerprint density at radius 3 is 2.44 bits per heavy atom. The Morgan fingerprint density at radius 2 is 1.75 bits per heavy atom. The van der Waals surface area contributed by atoms with Crippen molar-refractivity contribution in [2.45, 2.75) is 6.92 Å². The molecule has 2 rings (SSSR count). The molecule has 0 heterocycles. The van der Waals surface area contributed by atoms with Crippen LogP contribution in [0.2, 0.25) is 0 Å². The van der Waals surface area contributed by atoms with Gasteiger partial charge in [0, 0.05) is 11.3 Å². The Morgan fingerprint density at radius 1 is 1.00 bits per heavy atom. The predicted molar refractivity (Wildman–Crippen MR) is 60.9 cm³/mol. The van der Waals surface area contributed by atoms with Crippen LogP contribution in [0, 0.1) is 18.6 Å². The van der Waals surface area contributed by atoms with E-state index in [0.29, 0.717) is 11.3 Å². The summed E-state index contributed by atoms with van der Waals surface area (Å²) in [6.45, 7) is 1.83. The van der Waals surface area contributed by atoms with Crippen LogP contribution in [-0.2, 0) is 0 Å². The number of halogens is 2. The number of aryl methyl sites for hydroxylation is 1. The summed E-state index contributed by atoms with van der Waals surface area (Å²) in [4.78, 5) is 0. The zero-order valence-corrected chi connectivity index (χ0v) is 8.80. The molecule has 16 heavy (non-hydrogen) atoms. The first-order valence-corrected chi connectivity index (χ1v) is 4.89. The van der Waals surface area contributed by atoms with Gasteiger partial charge in [-0.3, -0.25) is 0 Å². The van der Waals surface area contributed by atoms with Crippen LogP contribution in [0.3, 0.4) is 0 Å². The molecule has 0 aliphatic rings. The van der Waals surface area contributed by atoms with Crippen molar-refractivity contribution in [1.82, 2.24) is 0 Å². The van der Waals surface area contributed by atoms with Crippen molar-refractivity contribution in [2.24, 2.45) is 0 Å². The highest BCUT2D eigenvalue weighted by atomic mass is 19.1. The molecule has 0 saturated carbocycles. The Balaban J connectivity index is 2.58. The quantitative estimate of drug-likeness (QED) is 0.729. The van der Waals surface area contributed by atoms with Crippen LogP contribution < -0.4 is 5.73 Å². The van der Waals surface area contributed by atoms with E-state index >= 15 is 0 Å². The fourth-order valence-corrected chi connectivity index (χ4v) is 1.56. The molecule has 0 aliphatic carbocycles. The highest BCUT2D eigenvalue weighted by molar-refractivity contribution is 5.68. The molecule has 3 heteroatoms. The lowest BCUT2D eigenvalue weighted by atomic mass is 10.0. The maximum atomic E-state index is 13.5. The van der Waals surface area contributed by atoms with Gasteiger partial charge >= 0.3 is 0 Å². The SMILES string of the molecule is Cc1cc(-c2cc(F)ccc2F)ccc1N. The van der Waals surface area contributed by atoms with Crippen LogP contribution >= 0.6 is 0 Å². The molecule has 0 aliphatic heterocycles. The van der Waals surface area contributed by atoms with Crippen LogP contribution in [0.5, 0.6) is 0 Å². The molecule has 82 valence electrons. The molecule has 0 saturated heterocycles. The summed E-state index contributed by atoms with van der Waals surface area (Å²) >= 11 is 0. The van der Waals surface area contributed by atoms with Gasteiger partial charge in [0.2, 0.25) is 0 Å². The number of nitrogens with two attached hydrogens (primary N) is 1. The van der Waals surface area contributed by atoms with Gasteiger partial charge < -0.3 is 5.73 Å². The number of nitrogen functional groups attached to an aromatic ring is 1. The van der Waals surface area contributed by atoms with E-state index in [4.69, 9.17) is 5.73 Å². The number of hydrogen-bond acceptors (Lipinski definition) is 1. The third-order valence-electron chi connectivity index (χ3n) is 2.51. The summed E-state index contributed by atoms with van der Waals surface area (Å²) in [5.74, 6) is -0.892. The van der Waals surface area contributed by atoms with Crippen molar-refractivity contribution in [3.63, 3.8) is 0 Å². The van der Waals surface area contributed by atoms with Crippen LogP contribution in [0.4, 0.5) is 14.5 Å². The zero-order valence-electron chi connectivity index (χ0n) is 8.80. The van der Waals surface area contributed by atoms with Gasteiger partial charge in [-0.05, 0) is 48.4 Å². The van der Waals surface area contributed by atoms with Gasteiger partial charge in [0.15, 0.2) is 0 Å². The summed E-state index contributed by atoms with van der Waals surface area (Å²) < 4.78 is 26.5. The van der Waals surface area contributed by atoms with Crippen LogP contribution in [-0.4, -0.2) is 0 Å². The smallest absolute Gasteiger partial charge is 0.131 e. The second-order valence-electron chi connectivity index (χ2n) is 3.70. The lowest BCUT2D eigenvalue weighted by Crippen LogP contribution is -1.91. The van der Waals surface area contributed by atoms with Crippen molar-refractivity contribution >= 4 is 5.69 Å². The average Bonchev–Trinajstić information content (AvgIpc) is 2.26. The normalized spacial score (nSPS) is 10.4. The zero-order chi connectivity index (χ0) is 11.7. The van der Waals surface area contributed by atoms with E-state index in [1.54, 1.807) is 18.2 Å². The molecular weight excluding hydrogens is 208 g/mol. The van der Waals surface area contributed by atoms with Gasteiger partial charge in [0.1, 0.15) is 11.6 Å². The summed E-state index contributed by atoms with van der Waals surface area (Å²) in [7, 11) is 0. The average molecular weight is 219 g/mol. The number of benzene rings is 2. The van der Waals surface area contributed by atoms with Crippen molar-refractivity contribution in [2.75, 3.05) is 5.73 Å². The molecule has 0 spiro atoms. The molecule has 0 aromatic heterocycles. The standard InChI is InChI=1S/C13H11F2N/c1-8-6-9(2-5-13(8)16)11-7-10(14)3-4-12(11)15/h2-7H,16H2,1H3. The van der Waals surface area contributed by atoms with Crippen LogP contribution in [0.1, 0.15) is 5.56 Å². The fraction of sp³-hybridized carbons (Fsp3) is 0.0769. The summed E-state index contributed by atoms with van der Waals surface area (Å²) in [6.07, 6.45) is 0. The van der Waals surface area contributed by atoms with Gasteiger partial charge in [0.05, 0.1) is 0 Å². The molecule has 2 N–H and O–H groups in total. The minimum Gasteiger partial charge on any atom is -0.399 e. The van der Waals surface area contributed by atoms with Crippen LogP contribution in [0.15, 0.2) is 36.4 Å². The van der Waals surface area contributed by atoms with Gasteiger partial charge in [-0.1, -0.05) is 6.07 Å². The first kappa shape index (κ1) is 10.6. The molecule has 0 amide bonds. The molecule has 2 aromatic carbocycles. The molecule has 2 aromatic rings. The highest BCUT2D eigenvalue weighted by Gasteiger charge is 2.07. The van der Waals surface area contributed by atoms with E-state index < -0.39 is 11.6 Å². The maximum Gasteiger partial charge on any atom is 0.131 e. The number of hydrogen-bond donors (Lipinski definition) is 1. The summed E-state index contributed by atoms with van der Waals surface area (Å²) in [6, 6.07) is 8.52. The molecule has 1 nitrogen and oxygen atoms in total. The van der Waals surface area contributed by atoms with Crippen molar-refractivity contribution in [1.29, 1.82) is 0 Å². The molecule has 0 atom stereocenters. The third-order valence-corrected chi connectivity index (χ3v) is 2.51. The molecule has 0 fully saturated rings. The topological polar surface area (TPSA) is 26.0 Å². The fourth-order valence-electron chi connectivity index (χ4n) is 1.56. The largest absolute Gasteiger partial charge is 0.399 e. The minimum atomic E-state index is -0.453. The molecule has 0 bridgehead atoms. The Bertz CT molecular complexity index is 535. The van der Waals surface area contributed by atoms with Gasteiger partial charge in [-0.2, -0.15) is 0 Å². The first-order chi connectivity index (χ1) is 7.58. The highest BCUT2D eigenvalue weighted by Crippen LogP contribution is 2.26. The van der Waals surface area contributed by atoms with Crippen molar-refractivity contribution in [3.05, 3.63) is 53.6 Å². The summed E-state index contributed by atoms with van der Waals surface area (Å²) in [5, 5.41) is 0. The molecule has 0 radical (unpaired) electrons. The number of rotatable bonds is 1. The maximum absolute atomic E-state index is 13.5. The van der Waals surface area contributed by atoms with Crippen molar-refractivity contribution < 1.29 is 8.78 Å². The van der Waals surface area contributed by atoms with E-state index in [0.717, 1.165) is 17.7 Å². The first-order valence-electron chi connectivity index (χ1n) is 4.89. The van der Waals surface area contributed by atoms with E-state index in [9.17, 15) is 8.78 Å². The lowest BCUT2D eigenvalue weighted by molar-refractivity contribution is 0.603. The monoisotopic (exact) mass is 219 g/mol. The minimum absolute atomic E-state index is 0.253. The van der Waals surface area contributed by atoms with Gasteiger partial charge in [0.25, 0.3) is 0 Å². The van der Waals surface area contributed by atoms with E-state index in [2.05, 4.69) is 0 Å².